The molecule has 0 radical (unpaired) electrons. The maximum Gasteiger partial charge on any atom is 0.00886 e. The van der Waals surface area contributed by atoms with Crippen LogP contribution in [0.4, 0.5) is 0 Å². The molecule has 15 heavy (non-hydrogen) atoms. The summed E-state index contributed by atoms with van der Waals surface area (Å²) >= 11 is 0. The van der Waals surface area contributed by atoms with Gasteiger partial charge in [-0.25, -0.2) is 0 Å². The molecule has 0 saturated carbocycles. The summed E-state index contributed by atoms with van der Waals surface area (Å²) in [7, 11) is 0. The van der Waals surface area contributed by atoms with Crippen molar-refractivity contribution in [2.45, 2.75) is 64.2 Å². The SMILES string of the molecule is C1#CCCCCCNCCCCCCC1. The Balaban J connectivity index is 2.10. The second-order valence-corrected chi connectivity index (χ2v) is 4.43. The molecule has 1 aliphatic heterocycles. The summed E-state index contributed by atoms with van der Waals surface area (Å²) in [5, 5.41) is 3.52. The minimum absolute atomic E-state index is 1.11. The summed E-state index contributed by atoms with van der Waals surface area (Å²) in [6.45, 7) is 2.42. The van der Waals surface area contributed by atoms with Gasteiger partial charge in [-0.15, -0.1) is 11.8 Å². The van der Waals surface area contributed by atoms with Crippen LogP contribution in [0.15, 0.2) is 0 Å². The molecule has 0 unspecified atom stereocenters. The lowest BCUT2D eigenvalue weighted by Crippen LogP contribution is -2.16. The summed E-state index contributed by atoms with van der Waals surface area (Å²) in [5.74, 6) is 6.57. The van der Waals surface area contributed by atoms with Gasteiger partial charge in [0.25, 0.3) is 0 Å². The van der Waals surface area contributed by atoms with E-state index in [0.717, 1.165) is 12.8 Å². The van der Waals surface area contributed by atoms with Crippen LogP contribution in [0, 0.1) is 11.8 Å². The highest BCUT2D eigenvalue weighted by Crippen LogP contribution is 2.05. The van der Waals surface area contributed by atoms with E-state index < -0.39 is 0 Å². The van der Waals surface area contributed by atoms with E-state index in [1.165, 1.54) is 64.5 Å². The molecule has 0 aromatic carbocycles. The topological polar surface area (TPSA) is 12.0 Å². The van der Waals surface area contributed by atoms with E-state index in [2.05, 4.69) is 17.2 Å². The van der Waals surface area contributed by atoms with Crippen molar-refractivity contribution in [2.75, 3.05) is 13.1 Å². The average molecular weight is 207 g/mol. The summed E-state index contributed by atoms with van der Waals surface area (Å²) in [5.41, 5.74) is 0. The first-order valence-electron chi connectivity index (χ1n) is 6.66. The van der Waals surface area contributed by atoms with Gasteiger partial charge in [0.05, 0.1) is 0 Å². The summed E-state index contributed by atoms with van der Waals surface area (Å²) in [6.07, 6.45) is 13.0. The van der Waals surface area contributed by atoms with Crippen LogP contribution in [0.25, 0.3) is 0 Å². The number of nitrogens with one attached hydrogen (secondary N) is 1. The van der Waals surface area contributed by atoms with Crippen molar-refractivity contribution in [2.24, 2.45) is 0 Å². The minimum atomic E-state index is 1.11. The highest BCUT2D eigenvalue weighted by Gasteiger charge is 1.92. The molecule has 1 rings (SSSR count). The molecule has 0 spiro atoms. The molecular weight excluding hydrogens is 182 g/mol. The molecule has 0 fully saturated rings. The monoisotopic (exact) mass is 207 g/mol. The van der Waals surface area contributed by atoms with Crippen molar-refractivity contribution >= 4 is 0 Å². The zero-order chi connectivity index (χ0) is 10.6. The Bertz CT molecular complexity index is 169. The smallest absolute Gasteiger partial charge is 0.00886 e. The molecule has 1 heteroatoms. The van der Waals surface area contributed by atoms with Crippen LogP contribution >= 0.6 is 0 Å². The van der Waals surface area contributed by atoms with E-state index in [4.69, 9.17) is 0 Å². The van der Waals surface area contributed by atoms with Crippen LogP contribution in [0.5, 0.6) is 0 Å². The van der Waals surface area contributed by atoms with Gasteiger partial charge in [-0.3, -0.25) is 0 Å². The van der Waals surface area contributed by atoms with Gasteiger partial charge in [-0.05, 0) is 38.8 Å². The first kappa shape index (κ1) is 12.6. The third-order valence-electron chi connectivity index (χ3n) is 2.94. The van der Waals surface area contributed by atoms with E-state index >= 15 is 0 Å². The molecular formula is C14H25N. The Morgan fingerprint density at radius 2 is 1.00 bits per heavy atom. The molecule has 1 nitrogen and oxygen atoms in total. The van der Waals surface area contributed by atoms with Gasteiger partial charge in [-0.1, -0.05) is 25.7 Å². The lowest BCUT2D eigenvalue weighted by atomic mass is 10.1. The molecule has 0 atom stereocenters. The molecule has 0 bridgehead atoms. The highest BCUT2D eigenvalue weighted by molar-refractivity contribution is 4.98. The van der Waals surface area contributed by atoms with Crippen LogP contribution in [0.1, 0.15) is 64.2 Å². The molecule has 86 valence electrons. The van der Waals surface area contributed by atoms with E-state index in [1.54, 1.807) is 0 Å². The van der Waals surface area contributed by atoms with Crippen molar-refractivity contribution in [1.29, 1.82) is 0 Å². The number of hydrogen-bond donors (Lipinski definition) is 1. The molecule has 0 amide bonds. The van der Waals surface area contributed by atoms with Crippen LogP contribution in [0.2, 0.25) is 0 Å². The maximum absolute atomic E-state index is 3.52. The van der Waals surface area contributed by atoms with Gasteiger partial charge in [-0.2, -0.15) is 0 Å². The van der Waals surface area contributed by atoms with Gasteiger partial charge in [0.15, 0.2) is 0 Å². The summed E-state index contributed by atoms with van der Waals surface area (Å²) in [4.78, 5) is 0. The first-order valence-corrected chi connectivity index (χ1v) is 6.66. The van der Waals surface area contributed by atoms with Gasteiger partial charge in [0, 0.05) is 12.8 Å². The van der Waals surface area contributed by atoms with Crippen LogP contribution in [-0.2, 0) is 0 Å². The zero-order valence-electron chi connectivity index (χ0n) is 9.99. The van der Waals surface area contributed by atoms with Gasteiger partial charge in [0.1, 0.15) is 0 Å². The van der Waals surface area contributed by atoms with Gasteiger partial charge in [0.2, 0.25) is 0 Å². The predicted molar refractivity (Wildman–Crippen MR) is 66.8 cm³/mol. The fraction of sp³-hybridized carbons (Fsp3) is 0.857. The molecule has 1 N–H and O–H groups in total. The quantitative estimate of drug-likeness (QED) is 0.600. The molecule has 1 aliphatic rings. The standard InChI is InChI=1S/C14H25N/c1-2-4-6-8-10-12-14-15-13-11-9-7-5-3-1/h15H,1,3,5-14H2. The zero-order valence-corrected chi connectivity index (χ0v) is 9.99. The number of rotatable bonds is 0. The van der Waals surface area contributed by atoms with Crippen LogP contribution in [-0.4, -0.2) is 13.1 Å². The Labute approximate surface area is 95.0 Å². The van der Waals surface area contributed by atoms with Gasteiger partial charge >= 0.3 is 0 Å². The third-order valence-corrected chi connectivity index (χ3v) is 2.94. The van der Waals surface area contributed by atoms with E-state index in [-0.39, 0.29) is 0 Å². The second kappa shape index (κ2) is 10.1. The van der Waals surface area contributed by atoms with Crippen molar-refractivity contribution in [1.82, 2.24) is 5.32 Å². The largest absolute Gasteiger partial charge is 0.317 e. The van der Waals surface area contributed by atoms with Gasteiger partial charge < -0.3 is 5.32 Å². The summed E-state index contributed by atoms with van der Waals surface area (Å²) < 4.78 is 0. The second-order valence-electron chi connectivity index (χ2n) is 4.43. The maximum atomic E-state index is 3.52. The Hall–Kier alpha value is -0.480. The first-order chi connectivity index (χ1) is 7.50. The lowest BCUT2D eigenvalue weighted by Gasteiger charge is -2.03. The molecule has 0 saturated heterocycles. The molecule has 0 aromatic rings. The van der Waals surface area contributed by atoms with Crippen molar-refractivity contribution in [3.8, 4) is 11.8 Å². The molecule has 0 aliphatic carbocycles. The van der Waals surface area contributed by atoms with E-state index in [1.807, 2.05) is 0 Å². The minimum Gasteiger partial charge on any atom is -0.317 e. The average Bonchev–Trinajstić information content (AvgIpc) is 2.27. The van der Waals surface area contributed by atoms with Crippen LogP contribution < -0.4 is 5.32 Å². The molecule has 1 heterocycles. The predicted octanol–water partition coefficient (Wildman–Crippen LogP) is 3.49. The van der Waals surface area contributed by atoms with Crippen LogP contribution in [0.3, 0.4) is 0 Å². The fourth-order valence-electron chi connectivity index (χ4n) is 1.94. The lowest BCUT2D eigenvalue weighted by molar-refractivity contribution is 0.559. The van der Waals surface area contributed by atoms with Crippen molar-refractivity contribution in [3.63, 3.8) is 0 Å². The Morgan fingerprint density at radius 1 is 0.533 bits per heavy atom. The highest BCUT2D eigenvalue weighted by atomic mass is 14.8. The van der Waals surface area contributed by atoms with E-state index in [0.29, 0.717) is 0 Å². The molecule has 0 aromatic heterocycles. The van der Waals surface area contributed by atoms with Crippen molar-refractivity contribution in [3.05, 3.63) is 0 Å². The Kier molecular flexibility index (Phi) is 8.44. The summed E-state index contributed by atoms with van der Waals surface area (Å²) in [6, 6.07) is 0. The fourth-order valence-corrected chi connectivity index (χ4v) is 1.94. The Morgan fingerprint density at radius 3 is 1.67 bits per heavy atom. The van der Waals surface area contributed by atoms with Crippen molar-refractivity contribution < 1.29 is 0 Å². The number of hydrogen-bond acceptors (Lipinski definition) is 1. The van der Waals surface area contributed by atoms with E-state index in [9.17, 15) is 0 Å². The normalized spacial score (nSPS) is 21.9. The third kappa shape index (κ3) is 8.51.